The fourth-order valence-electron chi connectivity index (χ4n) is 3.67. The van der Waals surface area contributed by atoms with Crippen LogP contribution >= 0.6 is 11.6 Å². The van der Waals surface area contributed by atoms with Crippen LogP contribution in [0.4, 0.5) is 0 Å². The zero-order valence-corrected chi connectivity index (χ0v) is 15.2. The number of allylic oxidation sites excluding steroid dienone is 2. The van der Waals surface area contributed by atoms with Gasteiger partial charge in [0.05, 0.1) is 19.2 Å². The number of ketones is 1. The van der Waals surface area contributed by atoms with E-state index in [9.17, 15) is 9.59 Å². The van der Waals surface area contributed by atoms with Gasteiger partial charge in [0.1, 0.15) is 11.7 Å². The molecule has 1 unspecified atom stereocenters. The number of esters is 1. The van der Waals surface area contributed by atoms with Crippen LogP contribution in [0.25, 0.3) is 0 Å². The Bertz CT molecular complexity index is 797. The number of hydrogen-bond acceptors (Lipinski definition) is 5. The average molecular weight is 362 g/mol. The van der Waals surface area contributed by atoms with Crippen LogP contribution in [-0.2, 0) is 14.3 Å². The molecule has 1 aromatic carbocycles. The van der Waals surface area contributed by atoms with E-state index in [0.29, 0.717) is 28.5 Å². The minimum atomic E-state index is -0.629. The highest BCUT2D eigenvalue weighted by Gasteiger charge is 2.43. The third kappa shape index (κ3) is 3.09. The van der Waals surface area contributed by atoms with E-state index in [1.165, 1.54) is 7.11 Å². The number of ether oxygens (including phenoxy) is 2. The van der Waals surface area contributed by atoms with E-state index in [1.54, 1.807) is 19.2 Å². The van der Waals surface area contributed by atoms with Crippen LogP contribution in [-0.4, -0.2) is 31.7 Å². The van der Waals surface area contributed by atoms with Gasteiger partial charge in [-0.15, -0.1) is 0 Å². The van der Waals surface area contributed by atoms with Crippen molar-refractivity contribution < 1.29 is 19.1 Å². The van der Waals surface area contributed by atoms with Gasteiger partial charge in [-0.25, -0.2) is 0 Å². The fourth-order valence-corrected chi connectivity index (χ4v) is 3.94. The summed E-state index contributed by atoms with van der Waals surface area (Å²) in [4.78, 5) is 29.7. The number of carbonyl (C=O) groups excluding carboxylic acids is 2. The van der Waals surface area contributed by atoms with Crippen LogP contribution < -0.4 is 4.74 Å². The number of halogens is 1. The molecule has 2 aliphatic rings. The highest BCUT2D eigenvalue weighted by atomic mass is 35.5. The summed E-state index contributed by atoms with van der Waals surface area (Å²) in [6, 6.07) is 5.35. The molecular weight excluding hydrogens is 342 g/mol. The number of carbonyl (C=O) groups is 2. The van der Waals surface area contributed by atoms with Crippen molar-refractivity contribution in [1.82, 2.24) is 0 Å². The molecule has 25 heavy (non-hydrogen) atoms. The summed E-state index contributed by atoms with van der Waals surface area (Å²) in [5, 5.41) is 0.439. The number of Topliss-reactive ketones (excluding diaryl/α,β-unsaturated/α-hetero) is 1. The Balaban J connectivity index is 2.18. The van der Waals surface area contributed by atoms with Crippen LogP contribution in [0.2, 0.25) is 5.02 Å². The van der Waals surface area contributed by atoms with Crippen molar-refractivity contribution in [3.8, 4) is 5.75 Å². The zero-order valence-electron chi connectivity index (χ0n) is 14.5. The number of aliphatic imine (C=N–C) groups is 1. The molecule has 2 atom stereocenters. The van der Waals surface area contributed by atoms with E-state index in [-0.39, 0.29) is 5.78 Å². The van der Waals surface area contributed by atoms with Gasteiger partial charge < -0.3 is 9.47 Å². The molecule has 6 heteroatoms. The topological polar surface area (TPSA) is 65.0 Å². The first-order chi connectivity index (χ1) is 12.0. The van der Waals surface area contributed by atoms with Gasteiger partial charge in [-0.2, -0.15) is 0 Å². The molecule has 0 radical (unpaired) electrons. The summed E-state index contributed by atoms with van der Waals surface area (Å²) < 4.78 is 10.2. The lowest BCUT2D eigenvalue weighted by atomic mass is 9.72. The number of nitrogens with zero attached hydrogens (tertiary/aromatic N) is 1. The summed E-state index contributed by atoms with van der Waals surface area (Å²) in [5.41, 5.74) is 2.86. The van der Waals surface area contributed by atoms with E-state index in [4.69, 9.17) is 21.1 Å². The fraction of sp³-hybridized carbons (Fsp3) is 0.421. The summed E-state index contributed by atoms with van der Waals surface area (Å²) in [6.07, 6.45) is 2.00. The third-order valence-corrected chi connectivity index (χ3v) is 5.12. The van der Waals surface area contributed by atoms with E-state index < -0.39 is 17.8 Å². The first kappa shape index (κ1) is 17.7. The molecule has 1 aromatic rings. The molecule has 1 aliphatic carbocycles. The molecule has 0 spiro atoms. The summed E-state index contributed by atoms with van der Waals surface area (Å²) in [5.74, 6) is -0.872. The lowest BCUT2D eigenvalue weighted by Crippen LogP contribution is -2.36. The second-order valence-electron chi connectivity index (χ2n) is 6.26. The summed E-state index contributed by atoms with van der Waals surface area (Å²) >= 11 is 6.29. The summed E-state index contributed by atoms with van der Waals surface area (Å²) in [7, 11) is 2.89. The Morgan fingerprint density at radius 1 is 1.28 bits per heavy atom. The maximum absolute atomic E-state index is 12.6. The minimum Gasteiger partial charge on any atom is -0.495 e. The molecule has 0 amide bonds. The maximum atomic E-state index is 12.6. The lowest BCUT2D eigenvalue weighted by molar-refractivity contribution is -0.143. The van der Waals surface area contributed by atoms with E-state index in [0.717, 1.165) is 24.1 Å². The Kier molecular flexibility index (Phi) is 4.95. The van der Waals surface area contributed by atoms with Crippen molar-refractivity contribution in [2.75, 3.05) is 14.2 Å². The van der Waals surface area contributed by atoms with Gasteiger partial charge in [0.25, 0.3) is 0 Å². The monoisotopic (exact) mass is 361 g/mol. The quantitative estimate of drug-likeness (QED) is 0.770. The van der Waals surface area contributed by atoms with Gasteiger partial charge in [0.15, 0.2) is 5.78 Å². The van der Waals surface area contributed by atoms with Gasteiger partial charge in [-0.1, -0.05) is 17.7 Å². The maximum Gasteiger partial charge on any atom is 0.315 e. The molecule has 1 heterocycles. The minimum absolute atomic E-state index is 0.0448. The van der Waals surface area contributed by atoms with Gasteiger partial charge in [-0.05, 0) is 37.5 Å². The van der Waals surface area contributed by atoms with Crippen LogP contribution in [0.15, 0.2) is 34.5 Å². The van der Waals surface area contributed by atoms with Crippen molar-refractivity contribution >= 4 is 29.1 Å². The predicted molar refractivity (Wildman–Crippen MR) is 95.2 cm³/mol. The molecule has 0 aromatic heterocycles. The third-order valence-electron chi connectivity index (χ3n) is 4.82. The lowest BCUT2D eigenvalue weighted by Gasteiger charge is -2.34. The van der Waals surface area contributed by atoms with Crippen LogP contribution in [0.5, 0.6) is 5.75 Å². The number of rotatable bonds is 3. The molecule has 0 N–H and O–H groups in total. The van der Waals surface area contributed by atoms with E-state index in [2.05, 4.69) is 4.99 Å². The van der Waals surface area contributed by atoms with E-state index in [1.807, 2.05) is 13.0 Å². The Hall–Kier alpha value is -2.14. The van der Waals surface area contributed by atoms with Crippen molar-refractivity contribution in [3.05, 3.63) is 40.1 Å². The largest absolute Gasteiger partial charge is 0.495 e. The number of methoxy groups -OCH3 is 2. The molecule has 5 nitrogen and oxygen atoms in total. The molecule has 132 valence electrons. The van der Waals surface area contributed by atoms with Crippen LogP contribution in [0.1, 0.15) is 37.7 Å². The molecular formula is C19H20ClNO4. The van der Waals surface area contributed by atoms with Crippen molar-refractivity contribution in [3.63, 3.8) is 0 Å². The highest BCUT2D eigenvalue weighted by Crippen LogP contribution is 2.44. The predicted octanol–water partition coefficient (Wildman–Crippen LogP) is 3.70. The molecule has 0 saturated heterocycles. The van der Waals surface area contributed by atoms with Crippen LogP contribution in [0.3, 0.4) is 0 Å². The van der Waals surface area contributed by atoms with E-state index >= 15 is 0 Å². The molecule has 1 aliphatic heterocycles. The first-order valence-electron chi connectivity index (χ1n) is 8.20. The van der Waals surface area contributed by atoms with Crippen molar-refractivity contribution in [1.29, 1.82) is 0 Å². The second kappa shape index (κ2) is 7.00. The normalized spacial score (nSPS) is 23.0. The van der Waals surface area contributed by atoms with Crippen LogP contribution in [0, 0.1) is 5.92 Å². The molecule has 0 saturated carbocycles. The number of hydrogen-bond donors (Lipinski definition) is 0. The summed E-state index contributed by atoms with van der Waals surface area (Å²) in [6.45, 7) is 1.81. The highest BCUT2D eigenvalue weighted by molar-refractivity contribution is 6.32. The van der Waals surface area contributed by atoms with Gasteiger partial charge in [0.2, 0.25) is 0 Å². The van der Waals surface area contributed by atoms with Gasteiger partial charge >= 0.3 is 5.97 Å². The smallest absolute Gasteiger partial charge is 0.315 e. The Labute approximate surface area is 151 Å². The SMILES string of the molecule is COC(=O)C1C(C)=NC2=C(C(=O)CCC2)[C@H]1c1ccc(OC)c(Cl)c1. The average Bonchev–Trinajstić information content (AvgIpc) is 2.60. The Morgan fingerprint density at radius 3 is 2.68 bits per heavy atom. The molecule has 3 rings (SSSR count). The standard InChI is InChI=1S/C19H20ClNO4/c1-10-16(19(23)25-3)17(11-7-8-15(24-2)12(20)9-11)18-13(21-10)5-4-6-14(18)22/h7-9,16-17H,4-6H2,1-3H3/t16?,17-/m0/s1. The van der Waals surface area contributed by atoms with Gasteiger partial charge in [-0.3, -0.25) is 14.6 Å². The zero-order chi connectivity index (χ0) is 18.1. The van der Waals surface area contributed by atoms with Gasteiger partial charge in [0, 0.05) is 29.3 Å². The van der Waals surface area contributed by atoms with Crippen molar-refractivity contribution in [2.45, 2.75) is 32.1 Å². The molecule has 0 bridgehead atoms. The second-order valence-corrected chi connectivity index (χ2v) is 6.67. The first-order valence-corrected chi connectivity index (χ1v) is 8.58. The molecule has 0 fully saturated rings. The Morgan fingerprint density at radius 2 is 2.04 bits per heavy atom. The number of benzene rings is 1. The van der Waals surface area contributed by atoms with Crippen molar-refractivity contribution in [2.24, 2.45) is 10.9 Å².